The van der Waals surface area contributed by atoms with Gasteiger partial charge in [0.05, 0.1) is 0 Å². The van der Waals surface area contributed by atoms with E-state index in [1.807, 2.05) is 0 Å². The fourth-order valence-electron chi connectivity index (χ4n) is 4.24. The fourth-order valence-corrected chi connectivity index (χ4v) is 4.24. The van der Waals surface area contributed by atoms with Gasteiger partial charge in [0.15, 0.2) is 0 Å². The van der Waals surface area contributed by atoms with Crippen LogP contribution >= 0.6 is 0 Å². The number of nitrogens with one attached hydrogen (secondary N) is 2. The number of amides is 2. The second-order valence-electron chi connectivity index (χ2n) is 6.84. The third-order valence-electron chi connectivity index (χ3n) is 5.52. The van der Waals surface area contributed by atoms with Crippen LogP contribution in [0.2, 0.25) is 0 Å². The average Bonchev–Trinajstić information content (AvgIpc) is 3.20. The molecule has 3 saturated carbocycles. The maximum absolute atomic E-state index is 12.5. The largest absolute Gasteiger partial charge is 0.358 e. The zero-order valence-corrected chi connectivity index (χ0v) is 12.2. The van der Waals surface area contributed by atoms with Crippen molar-refractivity contribution in [1.82, 2.24) is 10.6 Å². The van der Waals surface area contributed by atoms with Gasteiger partial charge < -0.3 is 16.4 Å². The zero-order chi connectivity index (χ0) is 14.3. The van der Waals surface area contributed by atoms with Crippen LogP contribution in [0, 0.1) is 17.3 Å². The van der Waals surface area contributed by atoms with Gasteiger partial charge in [0, 0.05) is 19.1 Å². The number of nitrogens with two attached hydrogens (primary N) is 1. The maximum atomic E-state index is 12.5. The quantitative estimate of drug-likeness (QED) is 0.659. The summed E-state index contributed by atoms with van der Waals surface area (Å²) in [6.45, 7) is 0. The molecule has 5 nitrogen and oxygen atoms in total. The fraction of sp³-hybridized carbons (Fsp3) is 0.867. The SMILES string of the molecule is CNC(=O)C1(C(=O)NC2C3CCCC2CC(N)C3)CC1. The van der Waals surface area contributed by atoms with Gasteiger partial charge in [-0.3, -0.25) is 9.59 Å². The van der Waals surface area contributed by atoms with Crippen molar-refractivity contribution in [2.75, 3.05) is 7.05 Å². The Balaban J connectivity index is 1.68. The maximum Gasteiger partial charge on any atom is 0.235 e. The highest BCUT2D eigenvalue weighted by Crippen LogP contribution is 2.47. The summed E-state index contributed by atoms with van der Waals surface area (Å²) < 4.78 is 0. The topological polar surface area (TPSA) is 84.2 Å². The lowest BCUT2D eigenvalue weighted by Gasteiger charge is -2.45. The van der Waals surface area contributed by atoms with Gasteiger partial charge in [0.2, 0.25) is 11.8 Å². The van der Waals surface area contributed by atoms with Crippen LogP contribution in [0.15, 0.2) is 0 Å². The Morgan fingerprint density at radius 1 is 1.10 bits per heavy atom. The lowest BCUT2D eigenvalue weighted by atomic mass is 9.67. The van der Waals surface area contributed by atoms with Crippen LogP contribution in [0.4, 0.5) is 0 Å². The summed E-state index contributed by atoms with van der Waals surface area (Å²) in [5.74, 6) is 0.811. The van der Waals surface area contributed by atoms with Gasteiger partial charge in [-0.15, -0.1) is 0 Å². The molecule has 3 rings (SSSR count). The molecule has 0 aromatic rings. The first kappa shape index (κ1) is 13.9. The van der Waals surface area contributed by atoms with Crippen molar-refractivity contribution < 1.29 is 9.59 Å². The van der Waals surface area contributed by atoms with Crippen LogP contribution in [-0.2, 0) is 9.59 Å². The van der Waals surface area contributed by atoms with Crippen molar-refractivity contribution in [3.63, 3.8) is 0 Å². The number of fused-ring (bicyclic) bond motifs is 2. The van der Waals surface area contributed by atoms with E-state index in [1.165, 1.54) is 6.42 Å². The van der Waals surface area contributed by atoms with E-state index in [2.05, 4.69) is 10.6 Å². The van der Waals surface area contributed by atoms with E-state index in [0.717, 1.165) is 25.7 Å². The average molecular weight is 279 g/mol. The first-order valence-electron chi connectivity index (χ1n) is 7.85. The van der Waals surface area contributed by atoms with Gasteiger partial charge in [-0.25, -0.2) is 0 Å². The molecule has 0 saturated heterocycles. The molecular weight excluding hydrogens is 254 g/mol. The molecule has 3 aliphatic carbocycles. The van der Waals surface area contributed by atoms with E-state index < -0.39 is 5.41 Å². The van der Waals surface area contributed by atoms with Gasteiger partial charge in [-0.2, -0.15) is 0 Å². The van der Waals surface area contributed by atoms with Crippen molar-refractivity contribution in [1.29, 1.82) is 0 Å². The predicted molar refractivity (Wildman–Crippen MR) is 75.7 cm³/mol. The molecule has 0 aromatic heterocycles. The van der Waals surface area contributed by atoms with E-state index in [9.17, 15) is 9.59 Å². The highest BCUT2D eigenvalue weighted by atomic mass is 16.2. The molecule has 3 fully saturated rings. The molecule has 2 atom stereocenters. The molecular formula is C15H25N3O2. The number of carbonyl (C=O) groups is 2. The second kappa shape index (κ2) is 5.02. The first-order valence-corrected chi connectivity index (χ1v) is 7.85. The number of carbonyl (C=O) groups excluding carboxylic acids is 2. The number of hydrogen-bond donors (Lipinski definition) is 3. The van der Waals surface area contributed by atoms with Crippen LogP contribution in [0.25, 0.3) is 0 Å². The molecule has 0 aliphatic heterocycles. The summed E-state index contributed by atoms with van der Waals surface area (Å²) >= 11 is 0. The first-order chi connectivity index (χ1) is 9.56. The summed E-state index contributed by atoms with van der Waals surface area (Å²) in [6, 6.07) is 0.519. The van der Waals surface area contributed by atoms with Crippen molar-refractivity contribution >= 4 is 11.8 Å². The van der Waals surface area contributed by atoms with Gasteiger partial charge >= 0.3 is 0 Å². The highest BCUT2D eigenvalue weighted by molar-refractivity contribution is 6.07. The summed E-state index contributed by atoms with van der Waals surface area (Å²) in [6.07, 6.45) is 6.93. The Morgan fingerprint density at radius 2 is 1.70 bits per heavy atom. The summed E-state index contributed by atoms with van der Waals surface area (Å²) in [5.41, 5.74) is 5.33. The van der Waals surface area contributed by atoms with E-state index in [4.69, 9.17) is 5.73 Å². The van der Waals surface area contributed by atoms with Crippen LogP contribution in [0.3, 0.4) is 0 Å². The minimum Gasteiger partial charge on any atom is -0.358 e. The van der Waals surface area contributed by atoms with Crippen molar-refractivity contribution in [2.45, 2.75) is 57.0 Å². The number of rotatable bonds is 3. The Bertz CT molecular complexity index is 405. The Morgan fingerprint density at radius 3 is 2.20 bits per heavy atom. The molecule has 0 heterocycles. The highest BCUT2D eigenvalue weighted by Gasteiger charge is 2.57. The second-order valence-corrected chi connectivity index (χ2v) is 6.84. The third-order valence-corrected chi connectivity index (χ3v) is 5.52. The van der Waals surface area contributed by atoms with Gasteiger partial charge in [0.25, 0.3) is 0 Å². The Hall–Kier alpha value is -1.10. The minimum absolute atomic E-state index is 0.0609. The molecule has 20 heavy (non-hydrogen) atoms. The van der Waals surface area contributed by atoms with Crippen LogP contribution in [0.1, 0.15) is 44.9 Å². The van der Waals surface area contributed by atoms with E-state index in [-0.39, 0.29) is 23.9 Å². The monoisotopic (exact) mass is 279 g/mol. The molecule has 4 N–H and O–H groups in total. The van der Waals surface area contributed by atoms with Crippen molar-refractivity contribution in [3.05, 3.63) is 0 Å². The predicted octanol–water partition coefficient (Wildman–Crippen LogP) is 0.535. The van der Waals surface area contributed by atoms with Crippen LogP contribution in [0.5, 0.6) is 0 Å². The summed E-state index contributed by atoms with van der Waals surface area (Å²) in [5, 5.41) is 5.83. The normalized spacial score (nSPS) is 37.9. The van der Waals surface area contributed by atoms with E-state index in [1.54, 1.807) is 7.05 Å². The standard InChI is InChI=1S/C15H25N3O2/c1-17-13(19)15(5-6-15)14(20)18-12-9-3-2-4-10(12)8-11(16)7-9/h9-12H,2-8,16H2,1H3,(H,17,19)(H,18,20). The lowest BCUT2D eigenvalue weighted by molar-refractivity contribution is -0.138. The number of hydrogen-bond acceptors (Lipinski definition) is 3. The van der Waals surface area contributed by atoms with Crippen LogP contribution < -0.4 is 16.4 Å². The molecule has 3 aliphatic rings. The molecule has 2 unspecified atom stereocenters. The van der Waals surface area contributed by atoms with E-state index in [0.29, 0.717) is 24.7 Å². The minimum atomic E-state index is -0.775. The molecule has 2 amide bonds. The Kier molecular flexibility index (Phi) is 3.48. The van der Waals surface area contributed by atoms with E-state index >= 15 is 0 Å². The molecule has 2 bridgehead atoms. The molecule has 0 spiro atoms. The van der Waals surface area contributed by atoms with Gasteiger partial charge in [-0.05, 0) is 50.4 Å². The summed E-state index contributed by atoms with van der Waals surface area (Å²) in [4.78, 5) is 24.4. The van der Waals surface area contributed by atoms with Crippen LogP contribution in [-0.4, -0.2) is 30.9 Å². The van der Waals surface area contributed by atoms with Gasteiger partial charge in [0.1, 0.15) is 5.41 Å². The van der Waals surface area contributed by atoms with Crippen molar-refractivity contribution in [2.24, 2.45) is 23.0 Å². The summed E-state index contributed by atoms with van der Waals surface area (Å²) in [7, 11) is 1.60. The zero-order valence-electron chi connectivity index (χ0n) is 12.2. The smallest absolute Gasteiger partial charge is 0.235 e. The van der Waals surface area contributed by atoms with Gasteiger partial charge in [-0.1, -0.05) is 6.42 Å². The molecule has 0 aromatic carbocycles. The van der Waals surface area contributed by atoms with Crippen molar-refractivity contribution in [3.8, 4) is 0 Å². The Labute approximate surface area is 120 Å². The molecule has 112 valence electrons. The molecule has 5 heteroatoms. The third kappa shape index (κ3) is 2.22. The molecule has 0 radical (unpaired) electrons. The lowest BCUT2D eigenvalue weighted by Crippen LogP contribution is -2.56.